The van der Waals surface area contributed by atoms with E-state index in [-0.39, 0.29) is 18.3 Å². The Morgan fingerprint density at radius 3 is 2.32 bits per heavy atom. The number of piperidine rings is 1. The summed E-state index contributed by atoms with van der Waals surface area (Å²) in [6.07, 6.45) is 9.14. The summed E-state index contributed by atoms with van der Waals surface area (Å²) < 4.78 is 0. The number of hydrogen-bond donors (Lipinski definition) is 1. The van der Waals surface area contributed by atoms with Crippen molar-refractivity contribution < 1.29 is 4.79 Å². The van der Waals surface area contributed by atoms with Crippen LogP contribution < -0.4 is 5.73 Å². The molecule has 3 rings (SSSR count). The minimum absolute atomic E-state index is 0. The van der Waals surface area contributed by atoms with Crippen molar-refractivity contribution in [3.8, 4) is 0 Å². The largest absolute Gasteiger partial charge is 0.338 e. The highest BCUT2D eigenvalue weighted by Gasteiger charge is 2.37. The summed E-state index contributed by atoms with van der Waals surface area (Å²) in [6.45, 7) is 2.41. The number of amides is 1. The SMILES string of the molecule is Cl.NCc1ccc(C(=O)N2CCCC3(CCCCC3)C2)cc1. The molecule has 1 heterocycles. The number of halogens is 1. The van der Waals surface area contributed by atoms with Gasteiger partial charge in [-0.25, -0.2) is 0 Å². The predicted molar refractivity (Wildman–Crippen MR) is 92.2 cm³/mol. The van der Waals surface area contributed by atoms with Crippen molar-refractivity contribution in [2.45, 2.75) is 51.5 Å². The lowest BCUT2D eigenvalue weighted by Crippen LogP contribution is -2.46. The van der Waals surface area contributed by atoms with E-state index in [1.54, 1.807) is 0 Å². The van der Waals surface area contributed by atoms with Crippen molar-refractivity contribution in [1.29, 1.82) is 0 Å². The molecule has 0 aromatic heterocycles. The maximum atomic E-state index is 12.7. The van der Waals surface area contributed by atoms with Gasteiger partial charge in [0.15, 0.2) is 0 Å². The number of rotatable bonds is 2. The highest BCUT2D eigenvalue weighted by Crippen LogP contribution is 2.43. The van der Waals surface area contributed by atoms with E-state index < -0.39 is 0 Å². The molecule has 22 heavy (non-hydrogen) atoms. The molecule has 1 spiro atoms. The Bertz CT molecular complexity index is 489. The average molecular weight is 323 g/mol. The molecule has 0 radical (unpaired) electrons. The van der Waals surface area contributed by atoms with Gasteiger partial charge in [0, 0.05) is 25.2 Å². The maximum absolute atomic E-state index is 12.7. The van der Waals surface area contributed by atoms with Gasteiger partial charge in [0.1, 0.15) is 0 Å². The predicted octanol–water partition coefficient (Wildman–Crippen LogP) is 3.75. The molecule has 1 aromatic carbocycles. The van der Waals surface area contributed by atoms with Gasteiger partial charge in [-0.15, -0.1) is 12.4 Å². The van der Waals surface area contributed by atoms with E-state index in [2.05, 4.69) is 4.90 Å². The highest BCUT2D eigenvalue weighted by atomic mass is 35.5. The van der Waals surface area contributed by atoms with E-state index in [1.165, 1.54) is 38.5 Å². The van der Waals surface area contributed by atoms with E-state index in [0.717, 1.165) is 30.6 Å². The van der Waals surface area contributed by atoms with Crippen molar-refractivity contribution in [3.05, 3.63) is 35.4 Å². The van der Waals surface area contributed by atoms with Crippen molar-refractivity contribution in [2.75, 3.05) is 13.1 Å². The summed E-state index contributed by atoms with van der Waals surface area (Å²) in [7, 11) is 0. The first kappa shape index (κ1) is 17.3. The van der Waals surface area contributed by atoms with Crippen LogP contribution in [0.4, 0.5) is 0 Å². The molecule has 0 atom stereocenters. The van der Waals surface area contributed by atoms with Gasteiger partial charge >= 0.3 is 0 Å². The number of likely N-dealkylation sites (tertiary alicyclic amines) is 1. The summed E-state index contributed by atoms with van der Waals surface area (Å²) in [5.74, 6) is 0.197. The lowest BCUT2D eigenvalue weighted by molar-refractivity contribution is 0.0384. The molecule has 2 aliphatic rings. The van der Waals surface area contributed by atoms with Crippen molar-refractivity contribution in [2.24, 2.45) is 11.1 Å². The van der Waals surface area contributed by atoms with Crippen LogP contribution in [0.1, 0.15) is 60.9 Å². The van der Waals surface area contributed by atoms with Gasteiger partial charge in [0.25, 0.3) is 5.91 Å². The van der Waals surface area contributed by atoms with Crippen LogP contribution in [0.25, 0.3) is 0 Å². The lowest BCUT2D eigenvalue weighted by Gasteiger charge is -2.45. The quantitative estimate of drug-likeness (QED) is 0.901. The Morgan fingerprint density at radius 1 is 1.05 bits per heavy atom. The van der Waals surface area contributed by atoms with Crippen molar-refractivity contribution in [3.63, 3.8) is 0 Å². The second-order valence-corrected chi connectivity index (χ2v) is 6.79. The topological polar surface area (TPSA) is 46.3 Å². The van der Waals surface area contributed by atoms with Gasteiger partial charge in [-0.1, -0.05) is 31.4 Å². The van der Waals surface area contributed by atoms with Gasteiger partial charge in [-0.3, -0.25) is 4.79 Å². The zero-order chi connectivity index (χ0) is 14.7. The lowest BCUT2D eigenvalue weighted by atomic mass is 9.69. The molecule has 1 aliphatic heterocycles. The smallest absolute Gasteiger partial charge is 0.253 e. The second kappa shape index (κ2) is 7.47. The minimum Gasteiger partial charge on any atom is -0.338 e. The Hall–Kier alpha value is -1.06. The Balaban J connectivity index is 0.00000176. The maximum Gasteiger partial charge on any atom is 0.253 e. The van der Waals surface area contributed by atoms with Crippen LogP contribution >= 0.6 is 12.4 Å². The van der Waals surface area contributed by atoms with E-state index in [9.17, 15) is 4.79 Å². The third kappa shape index (κ3) is 3.64. The zero-order valence-corrected chi connectivity index (χ0v) is 14.0. The molecule has 2 fully saturated rings. The van der Waals surface area contributed by atoms with Gasteiger partial charge in [-0.05, 0) is 48.8 Å². The number of hydrogen-bond acceptors (Lipinski definition) is 2. The van der Waals surface area contributed by atoms with E-state index in [4.69, 9.17) is 5.73 Å². The van der Waals surface area contributed by atoms with E-state index in [1.807, 2.05) is 24.3 Å². The molecule has 0 bridgehead atoms. The Kier molecular flexibility index (Phi) is 5.87. The molecule has 4 heteroatoms. The molecule has 1 aromatic rings. The second-order valence-electron chi connectivity index (χ2n) is 6.79. The zero-order valence-electron chi connectivity index (χ0n) is 13.2. The van der Waals surface area contributed by atoms with Crippen LogP contribution in [0, 0.1) is 5.41 Å². The van der Waals surface area contributed by atoms with Crippen LogP contribution in [-0.2, 0) is 6.54 Å². The fraction of sp³-hybridized carbons (Fsp3) is 0.611. The van der Waals surface area contributed by atoms with Gasteiger partial charge in [0.05, 0.1) is 0 Å². The van der Waals surface area contributed by atoms with Crippen molar-refractivity contribution in [1.82, 2.24) is 4.90 Å². The highest BCUT2D eigenvalue weighted by molar-refractivity contribution is 5.94. The third-order valence-electron chi connectivity index (χ3n) is 5.30. The summed E-state index contributed by atoms with van der Waals surface area (Å²) in [5.41, 5.74) is 7.92. The summed E-state index contributed by atoms with van der Waals surface area (Å²) in [5, 5.41) is 0. The Labute approximate surface area is 139 Å². The number of nitrogens with two attached hydrogens (primary N) is 1. The molecule has 1 saturated carbocycles. The van der Waals surface area contributed by atoms with Gasteiger partial charge in [0.2, 0.25) is 0 Å². The number of nitrogens with zero attached hydrogens (tertiary/aromatic N) is 1. The van der Waals surface area contributed by atoms with Crippen molar-refractivity contribution >= 4 is 18.3 Å². The average Bonchev–Trinajstić information content (AvgIpc) is 2.55. The standard InChI is InChI=1S/C18H26N2O.ClH/c19-13-15-5-7-16(8-6-15)17(21)20-12-4-11-18(14-20)9-2-1-3-10-18;/h5-8H,1-4,9-14,19H2;1H. The normalized spacial score (nSPS) is 20.5. The number of carbonyl (C=O) groups excluding carboxylic acids is 1. The monoisotopic (exact) mass is 322 g/mol. The molecule has 1 saturated heterocycles. The van der Waals surface area contributed by atoms with Gasteiger partial charge in [-0.2, -0.15) is 0 Å². The summed E-state index contributed by atoms with van der Waals surface area (Å²) >= 11 is 0. The molecular formula is C18H27ClN2O. The van der Waals surface area contributed by atoms with E-state index >= 15 is 0 Å². The van der Waals surface area contributed by atoms with Gasteiger partial charge < -0.3 is 10.6 Å². The fourth-order valence-corrected chi connectivity index (χ4v) is 4.06. The fourth-order valence-electron chi connectivity index (χ4n) is 4.06. The minimum atomic E-state index is 0. The van der Waals surface area contributed by atoms with Crippen LogP contribution in [0.15, 0.2) is 24.3 Å². The molecule has 1 aliphatic carbocycles. The molecule has 2 N–H and O–H groups in total. The first-order chi connectivity index (χ1) is 10.2. The summed E-state index contributed by atoms with van der Waals surface area (Å²) in [6, 6.07) is 7.78. The van der Waals surface area contributed by atoms with Crippen LogP contribution in [0.3, 0.4) is 0 Å². The van der Waals surface area contributed by atoms with Crippen LogP contribution in [-0.4, -0.2) is 23.9 Å². The molecule has 0 unspecified atom stereocenters. The van der Waals surface area contributed by atoms with Crippen LogP contribution in [0.5, 0.6) is 0 Å². The third-order valence-corrected chi connectivity index (χ3v) is 5.30. The molecular weight excluding hydrogens is 296 g/mol. The molecule has 3 nitrogen and oxygen atoms in total. The first-order valence-corrected chi connectivity index (χ1v) is 8.31. The molecule has 1 amide bonds. The first-order valence-electron chi connectivity index (χ1n) is 8.31. The van der Waals surface area contributed by atoms with E-state index in [0.29, 0.717) is 12.0 Å². The molecule has 122 valence electrons. The summed E-state index contributed by atoms with van der Waals surface area (Å²) in [4.78, 5) is 14.8. The Morgan fingerprint density at radius 2 is 1.68 bits per heavy atom. The van der Waals surface area contributed by atoms with Crippen LogP contribution in [0.2, 0.25) is 0 Å². The number of carbonyl (C=O) groups is 1. The number of benzene rings is 1.